The summed E-state index contributed by atoms with van der Waals surface area (Å²) in [5.41, 5.74) is 7.87. The minimum Gasteiger partial charge on any atom is -0.495 e. The van der Waals surface area contributed by atoms with Crippen molar-refractivity contribution in [2.75, 3.05) is 7.11 Å². The second kappa shape index (κ2) is 6.30. The van der Waals surface area contributed by atoms with Gasteiger partial charge >= 0.3 is 15.3 Å². The van der Waals surface area contributed by atoms with E-state index in [0.29, 0.717) is 17.8 Å². The molecule has 1 unspecified atom stereocenters. The minimum absolute atomic E-state index is 0.000316. The third-order valence-electron chi connectivity index (χ3n) is 3.82. The number of hydrogen-bond donors (Lipinski definition) is 1. The molecule has 7 nitrogen and oxygen atoms in total. The molecule has 1 heterocycles. The molecule has 0 saturated heterocycles. The van der Waals surface area contributed by atoms with E-state index in [1.165, 1.54) is 7.11 Å². The molecule has 2 N–H and O–H groups in total. The van der Waals surface area contributed by atoms with Gasteiger partial charge in [0.25, 0.3) is 0 Å². The number of nitrogens with two attached hydrogens (primary N) is 1. The van der Waals surface area contributed by atoms with Gasteiger partial charge in [0.05, 0.1) is 7.11 Å². The molecule has 130 valence electrons. The van der Waals surface area contributed by atoms with Gasteiger partial charge in [-0.15, -0.1) is 5.10 Å². The molecule has 0 fully saturated rings. The Morgan fingerprint density at radius 1 is 1.25 bits per heavy atom. The van der Waals surface area contributed by atoms with Gasteiger partial charge in [-0.1, -0.05) is 30.3 Å². The molecule has 0 aliphatic heterocycles. The highest BCUT2D eigenvalue weighted by atomic mass is 32.2. The maximum atomic E-state index is 12.6. The number of fused-ring (bicyclic) bond motifs is 1. The fraction of sp³-hybridized carbons (Fsp3) is 0.467. The molecular weight excluding hydrogens is 350 g/mol. The summed E-state index contributed by atoms with van der Waals surface area (Å²) < 4.78 is 35.7. The molecule has 0 saturated carbocycles. The summed E-state index contributed by atoms with van der Waals surface area (Å²) in [6, 6.07) is 3.30. The fourth-order valence-corrected chi connectivity index (χ4v) is 4.61. The quantitative estimate of drug-likeness (QED) is 0.802. The molecule has 24 heavy (non-hydrogen) atoms. The van der Waals surface area contributed by atoms with E-state index in [-0.39, 0.29) is 27.8 Å². The summed E-state index contributed by atoms with van der Waals surface area (Å²) in [6.07, 6.45) is 1.35. The lowest BCUT2D eigenvalue weighted by Gasteiger charge is -2.11. The van der Waals surface area contributed by atoms with E-state index in [9.17, 15) is 8.42 Å². The number of ether oxygens (including phenoxy) is 1. The number of benzene rings is 1. The zero-order valence-electron chi connectivity index (χ0n) is 13.6. The Morgan fingerprint density at radius 3 is 2.50 bits per heavy atom. The summed E-state index contributed by atoms with van der Waals surface area (Å²) >= 11 is 1.12. The van der Waals surface area contributed by atoms with Gasteiger partial charge in [-0.3, -0.25) is 0 Å². The fourth-order valence-electron chi connectivity index (χ4n) is 2.64. The largest absolute Gasteiger partial charge is 0.495 e. The van der Waals surface area contributed by atoms with Gasteiger partial charge in [-0.05, 0) is 36.1 Å². The normalized spacial score (nSPS) is 17.1. The molecule has 0 bridgehead atoms. The zero-order chi connectivity index (χ0) is 17.5. The van der Waals surface area contributed by atoms with E-state index in [1.54, 1.807) is 12.1 Å². The Bertz CT molecular complexity index is 862. The first-order valence-electron chi connectivity index (χ1n) is 7.53. The van der Waals surface area contributed by atoms with Crippen molar-refractivity contribution >= 4 is 21.5 Å². The minimum atomic E-state index is -4.07. The van der Waals surface area contributed by atoms with Crippen LogP contribution in [0.25, 0.3) is 0 Å². The Hall–Kier alpha value is -1.71. The zero-order valence-corrected chi connectivity index (χ0v) is 15.3. The van der Waals surface area contributed by atoms with Crippen LogP contribution in [0.3, 0.4) is 0 Å². The van der Waals surface area contributed by atoms with E-state index < -0.39 is 10.1 Å². The summed E-state index contributed by atoms with van der Waals surface area (Å²) in [4.78, 5) is -0.0147. The number of methoxy groups -OCH3 is 1. The molecule has 1 aromatic carbocycles. The Kier molecular flexibility index (Phi) is 4.50. The molecule has 1 aromatic heterocycles. The second-order valence-electron chi connectivity index (χ2n) is 6.04. The second-order valence-corrected chi connectivity index (χ2v) is 8.52. The summed E-state index contributed by atoms with van der Waals surface area (Å²) in [5.74, 6) is 0.398. The summed E-state index contributed by atoms with van der Waals surface area (Å²) in [6.45, 7) is 3.90. The van der Waals surface area contributed by atoms with E-state index >= 15 is 0 Å². The van der Waals surface area contributed by atoms with Crippen LogP contribution >= 0.6 is 11.3 Å². The monoisotopic (exact) mass is 369 g/mol. The number of hydrogen-bond acceptors (Lipinski definition) is 8. The van der Waals surface area contributed by atoms with Crippen LogP contribution in [0.15, 0.2) is 17.0 Å². The highest BCUT2D eigenvalue weighted by Crippen LogP contribution is 2.34. The van der Waals surface area contributed by atoms with E-state index in [0.717, 1.165) is 22.5 Å². The van der Waals surface area contributed by atoms with Crippen LogP contribution in [0.5, 0.6) is 10.9 Å². The Balaban J connectivity index is 1.95. The van der Waals surface area contributed by atoms with Crippen LogP contribution < -0.4 is 14.7 Å². The van der Waals surface area contributed by atoms with Gasteiger partial charge in [-0.25, -0.2) is 0 Å². The molecule has 0 radical (unpaired) electrons. The molecule has 3 rings (SSSR count). The van der Waals surface area contributed by atoms with Gasteiger partial charge in [0.1, 0.15) is 15.7 Å². The number of nitrogens with zero attached hydrogens (tertiary/aromatic N) is 2. The van der Waals surface area contributed by atoms with Crippen LogP contribution in [0.4, 0.5) is 0 Å². The first-order valence-corrected chi connectivity index (χ1v) is 9.76. The Morgan fingerprint density at radius 2 is 1.92 bits per heavy atom. The topological polar surface area (TPSA) is 104 Å². The molecule has 2 aromatic rings. The first-order chi connectivity index (χ1) is 11.3. The van der Waals surface area contributed by atoms with E-state index in [2.05, 4.69) is 10.2 Å². The third kappa shape index (κ3) is 3.24. The molecule has 1 aliphatic rings. The van der Waals surface area contributed by atoms with Crippen LogP contribution in [-0.2, 0) is 23.0 Å². The highest BCUT2D eigenvalue weighted by Gasteiger charge is 2.28. The summed E-state index contributed by atoms with van der Waals surface area (Å²) in [5, 5.41) is 8.44. The van der Waals surface area contributed by atoms with Gasteiger partial charge in [-0.2, -0.15) is 8.42 Å². The smallest absolute Gasteiger partial charge is 0.345 e. The van der Waals surface area contributed by atoms with Crippen LogP contribution in [0.2, 0.25) is 0 Å². The van der Waals surface area contributed by atoms with Crippen molar-refractivity contribution in [3.8, 4) is 10.9 Å². The van der Waals surface area contributed by atoms with Crippen molar-refractivity contribution in [2.45, 2.75) is 43.5 Å². The maximum Gasteiger partial charge on any atom is 0.345 e. The molecule has 1 atom stereocenters. The van der Waals surface area contributed by atoms with Crippen molar-refractivity contribution < 1.29 is 17.3 Å². The van der Waals surface area contributed by atoms with Crippen LogP contribution in [0, 0.1) is 0 Å². The SMILES string of the molecule is COc1cc2c(cc1S(=O)(=O)Oc1nnc(C(C)C)s1)CC(N)C2. The average Bonchev–Trinajstić information content (AvgIpc) is 3.10. The standard InChI is InChI=1S/C15H19N3O4S2/c1-8(2)14-17-18-15(23-14)22-24(19,20)13-7-10-5-11(16)4-9(10)6-12(13)21-3/h6-8,11H,4-5,16H2,1-3H3. The predicted molar refractivity (Wildman–Crippen MR) is 90.2 cm³/mol. The maximum absolute atomic E-state index is 12.6. The number of aromatic nitrogens is 2. The molecule has 0 spiro atoms. The summed E-state index contributed by atoms with van der Waals surface area (Å²) in [7, 11) is -2.64. The number of rotatable bonds is 5. The van der Waals surface area contributed by atoms with Gasteiger partial charge in [0.2, 0.25) is 0 Å². The molecular formula is C15H19N3O4S2. The van der Waals surface area contributed by atoms with Crippen molar-refractivity contribution in [1.82, 2.24) is 10.2 Å². The van der Waals surface area contributed by atoms with E-state index in [1.807, 2.05) is 13.8 Å². The highest BCUT2D eigenvalue weighted by molar-refractivity contribution is 7.87. The van der Waals surface area contributed by atoms with Gasteiger partial charge in [0.15, 0.2) is 0 Å². The third-order valence-corrected chi connectivity index (χ3v) is 6.26. The van der Waals surface area contributed by atoms with Crippen LogP contribution in [-0.4, -0.2) is 31.8 Å². The lowest BCUT2D eigenvalue weighted by atomic mass is 10.1. The predicted octanol–water partition coefficient (Wildman–Crippen LogP) is 1.86. The Labute approximate surface area is 144 Å². The lowest BCUT2D eigenvalue weighted by Crippen LogP contribution is -2.19. The van der Waals surface area contributed by atoms with Crippen molar-refractivity contribution in [2.24, 2.45) is 5.73 Å². The van der Waals surface area contributed by atoms with E-state index in [4.69, 9.17) is 14.7 Å². The first kappa shape index (κ1) is 17.1. The van der Waals surface area contributed by atoms with Crippen molar-refractivity contribution in [3.63, 3.8) is 0 Å². The molecule has 1 aliphatic carbocycles. The van der Waals surface area contributed by atoms with Crippen molar-refractivity contribution in [1.29, 1.82) is 0 Å². The van der Waals surface area contributed by atoms with Crippen LogP contribution in [0.1, 0.15) is 35.9 Å². The van der Waals surface area contributed by atoms with Gasteiger partial charge < -0.3 is 14.7 Å². The van der Waals surface area contributed by atoms with Gasteiger partial charge in [0, 0.05) is 12.0 Å². The average molecular weight is 369 g/mol. The molecule has 9 heteroatoms. The van der Waals surface area contributed by atoms with Crippen molar-refractivity contribution in [3.05, 3.63) is 28.3 Å². The lowest BCUT2D eigenvalue weighted by molar-refractivity contribution is 0.397. The molecule has 0 amide bonds.